The van der Waals surface area contributed by atoms with E-state index < -0.39 is 0 Å². The molecule has 0 saturated carbocycles. The van der Waals surface area contributed by atoms with Gasteiger partial charge in [-0.1, -0.05) is 11.6 Å². The molecule has 0 unspecified atom stereocenters. The Bertz CT molecular complexity index is 651. The lowest BCUT2D eigenvalue weighted by atomic mass is 10.1. The van der Waals surface area contributed by atoms with Gasteiger partial charge in [-0.05, 0) is 26.0 Å². The standard InChI is InChI=1S/C18H25ClN4O3/c1-22-15(9-17(24)23-4-6-26-7-5-23)2-3-16(22)12-21-18(25)13-8-14(19)11-20-10-13/h8,10-11,15-16H,2-7,9,12H2,1H3,(H,21,25)/t15-,16+/m1/s1. The molecule has 2 saturated heterocycles. The minimum Gasteiger partial charge on any atom is -0.378 e. The Morgan fingerprint density at radius 2 is 2.00 bits per heavy atom. The Morgan fingerprint density at radius 3 is 2.73 bits per heavy atom. The van der Waals surface area contributed by atoms with E-state index in [2.05, 4.69) is 15.2 Å². The summed E-state index contributed by atoms with van der Waals surface area (Å²) in [5, 5.41) is 3.39. The van der Waals surface area contributed by atoms with E-state index >= 15 is 0 Å². The molecule has 1 N–H and O–H groups in total. The highest BCUT2D eigenvalue weighted by Crippen LogP contribution is 2.25. The van der Waals surface area contributed by atoms with Crippen LogP contribution in [0.4, 0.5) is 0 Å². The molecule has 0 spiro atoms. The lowest BCUT2D eigenvalue weighted by molar-refractivity contribution is -0.136. The van der Waals surface area contributed by atoms with Crippen molar-refractivity contribution in [3.63, 3.8) is 0 Å². The molecule has 0 aliphatic carbocycles. The number of nitrogens with zero attached hydrogens (tertiary/aromatic N) is 3. The lowest BCUT2D eigenvalue weighted by Crippen LogP contribution is -2.45. The van der Waals surface area contributed by atoms with Gasteiger partial charge in [0.1, 0.15) is 0 Å². The van der Waals surface area contributed by atoms with Crippen molar-refractivity contribution in [3.8, 4) is 0 Å². The zero-order valence-electron chi connectivity index (χ0n) is 15.0. The number of pyridine rings is 1. The summed E-state index contributed by atoms with van der Waals surface area (Å²) < 4.78 is 5.30. The summed E-state index contributed by atoms with van der Waals surface area (Å²) in [5.74, 6) is 0.0149. The maximum Gasteiger partial charge on any atom is 0.252 e. The second kappa shape index (κ2) is 8.79. The average Bonchev–Trinajstić information content (AvgIpc) is 3.00. The van der Waals surface area contributed by atoms with Crippen molar-refractivity contribution in [3.05, 3.63) is 29.0 Å². The van der Waals surface area contributed by atoms with Crippen LogP contribution in [0.25, 0.3) is 0 Å². The molecule has 1 aromatic heterocycles. The van der Waals surface area contributed by atoms with Crippen LogP contribution in [-0.4, -0.2) is 78.6 Å². The van der Waals surface area contributed by atoms with E-state index in [9.17, 15) is 9.59 Å². The number of halogens is 1. The van der Waals surface area contributed by atoms with Crippen LogP contribution in [0.1, 0.15) is 29.6 Å². The fraction of sp³-hybridized carbons (Fsp3) is 0.611. The number of morpholine rings is 1. The zero-order valence-corrected chi connectivity index (χ0v) is 15.7. The van der Waals surface area contributed by atoms with Gasteiger partial charge in [-0.15, -0.1) is 0 Å². The van der Waals surface area contributed by atoms with Crippen LogP contribution in [-0.2, 0) is 9.53 Å². The van der Waals surface area contributed by atoms with Gasteiger partial charge in [-0.2, -0.15) is 0 Å². The van der Waals surface area contributed by atoms with E-state index in [1.54, 1.807) is 6.07 Å². The van der Waals surface area contributed by atoms with E-state index in [-0.39, 0.29) is 23.9 Å². The van der Waals surface area contributed by atoms with Gasteiger partial charge in [0, 0.05) is 50.5 Å². The largest absolute Gasteiger partial charge is 0.378 e. The highest BCUT2D eigenvalue weighted by Gasteiger charge is 2.33. The van der Waals surface area contributed by atoms with Crippen LogP contribution in [0.3, 0.4) is 0 Å². The molecule has 0 aromatic carbocycles. The predicted molar refractivity (Wildman–Crippen MR) is 98.2 cm³/mol. The summed E-state index contributed by atoms with van der Waals surface area (Å²) >= 11 is 5.88. The number of nitrogens with one attached hydrogen (secondary N) is 1. The molecular formula is C18H25ClN4O3. The number of hydrogen-bond acceptors (Lipinski definition) is 5. The maximum atomic E-state index is 12.4. The molecule has 0 radical (unpaired) electrons. The Morgan fingerprint density at radius 1 is 1.27 bits per heavy atom. The summed E-state index contributed by atoms with van der Waals surface area (Å²) in [6.45, 7) is 3.16. The van der Waals surface area contributed by atoms with Crippen molar-refractivity contribution >= 4 is 23.4 Å². The van der Waals surface area contributed by atoms with Gasteiger partial charge in [0.25, 0.3) is 5.91 Å². The minimum absolute atomic E-state index is 0.179. The molecule has 26 heavy (non-hydrogen) atoms. The predicted octanol–water partition coefficient (Wildman–Crippen LogP) is 1.18. The number of carbonyl (C=O) groups is 2. The normalized spacial score (nSPS) is 23.8. The number of likely N-dealkylation sites (tertiary alicyclic amines) is 1. The van der Waals surface area contributed by atoms with Crippen LogP contribution in [0, 0.1) is 0 Å². The molecule has 1 aromatic rings. The van der Waals surface area contributed by atoms with Crippen LogP contribution in [0.15, 0.2) is 18.5 Å². The van der Waals surface area contributed by atoms with Crippen LogP contribution in [0.5, 0.6) is 0 Å². The van der Waals surface area contributed by atoms with Crippen LogP contribution < -0.4 is 5.32 Å². The monoisotopic (exact) mass is 380 g/mol. The van der Waals surface area contributed by atoms with Crippen LogP contribution in [0.2, 0.25) is 5.02 Å². The Labute approximate surface area is 158 Å². The first kappa shape index (κ1) is 19.1. The van der Waals surface area contributed by atoms with Crippen molar-refractivity contribution < 1.29 is 14.3 Å². The summed E-state index contributed by atoms with van der Waals surface area (Å²) in [7, 11) is 2.03. The summed E-state index contributed by atoms with van der Waals surface area (Å²) in [6, 6.07) is 2.06. The van der Waals surface area contributed by atoms with Crippen molar-refractivity contribution in [1.29, 1.82) is 0 Å². The molecule has 3 heterocycles. The second-order valence-electron chi connectivity index (χ2n) is 6.85. The number of carbonyl (C=O) groups excluding carboxylic acids is 2. The number of rotatable bonds is 5. The smallest absolute Gasteiger partial charge is 0.252 e. The third kappa shape index (κ3) is 4.72. The van der Waals surface area contributed by atoms with Gasteiger partial charge in [-0.25, -0.2) is 0 Å². The Hall–Kier alpha value is -1.70. The van der Waals surface area contributed by atoms with E-state index in [1.807, 2.05) is 11.9 Å². The molecule has 0 bridgehead atoms. The SMILES string of the molecule is CN1[C@@H](CC(=O)N2CCOCC2)CC[C@H]1CNC(=O)c1cncc(Cl)c1. The topological polar surface area (TPSA) is 74.8 Å². The van der Waals surface area contributed by atoms with Crippen molar-refractivity contribution in [1.82, 2.24) is 20.1 Å². The molecule has 2 amide bonds. The molecule has 8 heteroatoms. The molecular weight excluding hydrogens is 356 g/mol. The number of ether oxygens (including phenoxy) is 1. The Kier molecular flexibility index (Phi) is 6.45. The summed E-state index contributed by atoms with van der Waals surface area (Å²) in [6.07, 6.45) is 5.46. The van der Waals surface area contributed by atoms with Gasteiger partial charge in [0.05, 0.1) is 23.8 Å². The van der Waals surface area contributed by atoms with Crippen LogP contribution >= 0.6 is 11.6 Å². The highest BCUT2D eigenvalue weighted by atomic mass is 35.5. The van der Waals surface area contributed by atoms with Gasteiger partial charge in [-0.3, -0.25) is 19.5 Å². The molecule has 2 aliphatic heterocycles. The molecule has 7 nitrogen and oxygen atoms in total. The fourth-order valence-electron chi connectivity index (χ4n) is 3.57. The molecule has 2 atom stereocenters. The Balaban J connectivity index is 1.47. The molecule has 2 aliphatic rings. The van der Waals surface area contributed by atoms with E-state index in [0.29, 0.717) is 49.9 Å². The first-order chi connectivity index (χ1) is 12.5. The van der Waals surface area contributed by atoms with E-state index in [4.69, 9.17) is 16.3 Å². The van der Waals surface area contributed by atoms with E-state index in [1.165, 1.54) is 12.4 Å². The van der Waals surface area contributed by atoms with E-state index in [0.717, 1.165) is 12.8 Å². The van der Waals surface area contributed by atoms with Crippen molar-refractivity contribution in [2.45, 2.75) is 31.3 Å². The first-order valence-electron chi connectivity index (χ1n) is 9.01. The molecule has 3 rings (SSSR count). The fourth-order valence-corrected chi connectivity index (χ4v) is 3.75. The van der Waals surface area contributed by atoms with Gasteiger partial charge < -0.3 is 15.0 Å². The molecule has 142 valence electrons. The highest BCUT2D eigenvalue weighted by molar-refractivity contribution is 6.30. The third-order valence-electron chi connectivity index (χ3n) is 5.22. The minimum atomic E-state index is -0.179. The summed E-state index contributed by atoms with van der Waals surface area (Å²) in [4.78, 5) is 32.7. The maximum absolute atomic E-state index is 12.4. The lowest BCUT2D eigenvalue weighted by Gasteiger charge is -2.30. The number of aromatic nitrogens is 1. The number of amides is 2. The number of hydrogen-bond donors (Lipinski definition) is 1. The third-order valence-corrected chi connectivity index (χ3v) is 5.43. The molecule has 2 fully saturated rings. The van der Waals surface area contributed by atoms with Gasteiger partial charge in [0.2, 0.25) is 5.91 Å². The first-order valence-corrected chi connectivity index (χ1v) is 9.38. The summed E-state index contributed by atoms with van der Waals surface area (Å²) in [5.41, 5.74) is 0.456. The van der Waals surface area contributed by atoms with Crippen molar-refractivity contribution in [2.24, 2.45) is 0 Å². The second-order valence-corrected chi connectivity index (χ2v) is 7.29. The van der Waals surface area contributed by atoms with Crippen molar-refractivity contribution in [2.75, 3.05) is 39.9 Å². The quantitative estimate of drug-likeness (QED) is 0.830. The van der Waals surface area contributed by atoms with Gasteiger partial charge in [0.15, 0.2) is 0 Å². The zero-order chi connectivity index (χ0) is 18.5. The average molecular weight is 381 g/mol. The number of likely N-dealkylation sites (N-methyl/N-ethyl adjacent to an activating group) is 1. The van der Waals surface area contributed by atoms with Gasteiger partial charge >= 0.3 is 0 Å².